The molecule has 1 aromatic rings. The van der Waals surface area contributed by atoms with Crippen molar-refractivity contribution in [2.45, 2.75) is 32.4 Å². The van der Waals surface area contributed by atoms with E-state index in [2.05, 4.69) is 28.1 Å². The molecule has 0 saturated heterocycles. The third-order valence-corrected chi connectivity index (χ3v) is 1.87. The fourth-order valence-corrected chi connectivity index (χ4v) is 1.15. The number of terminal acetylenes is 1. The number of aromatic nitrogens is 2. The first-order chi connectivity index (χ1) is 6.36. The topological polar surface area (TPSA) is 40.7 Å². The Hall–Kier alpha value is -1.27. The Morgan fingerprint density at radius 3 is 3.15 bits per heavy atom. The monoisotopic (exact) mass is 177 g/mol. The quantitative estimate of drug-likeness (QED) is 0.666. The lowest BCUT2D eigenvalue weighted by molar-refractivity contribution is 0.558. The number of hydrogen-bond acceptors (Lipinski definition) is 2. The summed E-state index contributed by atoms with van der Waals surface area (Å²) in [5.74, 6) is 2.72. The van der Waals surface area contributed by atoms with Crippen LogP contribution in [0.15, 0.2) is 12.5 Å². The predicted octanol–water partition coefficient (Wildman–Crippen LogP) is 1.30. The van der Waals surface area contributed by atoms with Crippen LogP contribution in [0.5, 0.6) is 0 Å². The molecule has 1 heterocycles. The minimum Gasteiger partial charge on any atom is -0.347 e. The van der Waals surface area contributed by atoms with E-state index in [0.29, 0.717) is 0 Å². The van der Waals surface area contributed by atoms with E-state index >= 15 is 0 Å². The number of hydrogen-bond donors (Lipinski definition) is 2. The van der Waals surface area contributed by atoms with Gasteiger partial charge in [-0.15, -0.1) is 6.42 Å². The van der Waals surface area contributed by atoms with Crippen molar-refractivity contribution in [1.82, 2.24) is 15.3 Å². The fourth-order valence-electron chi connectivity index (χ4n) is 1.15. The maximum Gasteiger partial charge on any atom is 0.0922 e. The molecular formula is C10H15N3. The first-order valence-electron chi connectivity index (χ1n) is 4.53. The molecule has 1 aromatic heterocycles. The molecule has 70 valence electrons. The molecule has 3 nitrogen and oxygen atoms in total. The van der Waals surface area contributed by atoms with Gasteiger partial charge in [-0.2, -0.15) is 0 Å². The number of imidazole rings is 1. The Kier molecular flexibility index (Phi) is 4.07. The highest BCUT2D eigenvalue weighted by atomic mass is 14.9. The highest BCUT2D eigenvalue weighted by Gasteiger charge is 2.02. The van der Waals surface area contributed by atoms with Gasteiger partial charge >= 0.3 is 0 Å². The molecule has 0 aliphatic rings. The van der Waals surface area contributed by atoms with Gasteiger partial charge in [0.15, 0.2) is 0 Å². The Morgan fingerprint density at radius 2 is 2.62 bits per heavy atom. The zero-order valence-corrected chi connectivity index (χ0v) is 7.88. The molecule has 0 spiro atoms. The first-order valence-corrected chi connectivity index (χ1v) is 4.53. The molecule has 1 rings (SSSR count). The highest BCUT2D eigenvalue weighted by molar-refractivity contribution is 5.01. The minimum atomic E-state index is 0.174. The van der Waals surface area contributed by atoms with Gasteiger partial charge in [-0.05, 0) is 6.42 Å². The van der Waals surface area contributed by atoms with E-state index in [0.717, 1.165) is 25.1 Å². The lowest BCUT2D eigenvalue weighted by atomic mass is 10.2. The zero-order valence-electron chi connectivity index (χ0n) is 7.88. The molecule has 0 aliphatic heterocycles. The van der Waals surface area contributed by atoms with Gasteiger partial charge in [0.1, 0.15) is 0 Å². The molecule has 1 atom stereocenters. The Labute approximate surface area is 79.0 Å². The molecule has 0 fully saturated rings. The van der Waals surface area contributed by atoms with Crippen molar-refractivity contribution in [1.29, 1.82) is 0 Å². The summed E-state index contributed by atoms with van der Waals surface area (Å²) in [4.78, 5) is 6.94. The summed E-state index contributed by atoms with van der Waals surface area (Å²) in [6.45, 7) is 2.89. The van der Waals surface area contributed by atoms with Gasteiger partial charge in [-0.25, -0.2) is 4.98 Å². The summed E-state index contributed by atoms with van der Waals surface area (Å²) in [6, 6.07) is 0.174. The van der Waals surface area contributed by atoms with E-state index in [-0.39, 0.29) is 6.04 Å². The molecular weight excluding hydrogens is 162 g/mol. The maximum atomic E-state index is 5.36. The Morgan fingerprint density at radius 1 is 1.77 bits per heavy atom. The van der Waals surface area contributed by atoms with Crippen LogP contribution in [0.25, 0.3) is 0 Å². The SMILES string of the molecule is C#CC(CCC)NCc1cnc[nH]1. The standard InChI is InChI=1S/C10H15N3/c1-3-5-9(4-2)12-7-10-6-11-8-13-10/h2,6,8-9,12H,3,5,7H2,1H3,(H,11,13). The van der Waals surface area contributed by atoms with Crippen LogP contribution < -0.4 is 5.32 Å². The molecule has 13 heavy (non-hydrogen) atoms. The average Bonchev–Trinajstić information content (AvgIpc) is 2.64. The Bertz CT molecular complexity index is 258. The molecule has 0 aromatic carbocycles. The van der Waals surface area contributed by atoms with Gasteiger partial charge in [0.05, 0.1) is 12.4 Å². The normalized spacial score (nSPS) is 12.3. The third-order valence-electron chi connectivity index (χ3n) is 1.87. The largest absolute Gasteiger partial charge is 0.347 e. The van der Waals surface area contributed by atoms with Crippen molar-refractivity contribution >= 4 is 0 Å². The van der Waals surface area contributed by atoms with Crippen LogP contribution in [0.4, 0.5) is 0 Å². The molecule has 0 saturated carbocycles. The van der Waals surface area contributed by atoms with Crippen LogP contribution in [0, 0.1) is 12.3 Å². The van der Waals surface area contributed by atoms with E-state index in [9.17, 15) is 0 Å². The van der Waals surface area contributed by atoms with Gasteiger partial charge in [0, 0.05) is 18.4 Å². The fraction of sp³-hybridized carbons (Fsp3) is 0.500. The smallest absolute Gasteiger partial charge is 0.0922 e. The molecule has 1 unspecified atom stereocenters. The number of nitrogens with one attached hydrogen (secondary N) is 2. The van der Waals surface area contributed by atoms with Crippen LogP contribution in [-0.2, 0) is 6.54 Å². The second-order valence-corrected chi connectivity index (χ2v) is 2.97. The van der Waals surface area contributed by atoms with Gasteiger partial charge in [0.25, 0.3) is 0 Å². The van der Waals surface area contributed by atoms with E-state index in [1.54, 1.807) is 12.5 Å². The van der Waals surface area contributed by atoms with Crippen molar-refractivity contribution in [3.8, 4) is 12.3 Å². The second-order valence-electron chi connectivity index (χ2n) is 2.97. The van der Waals surface area contributed by atoms with Gasteiger partial charge in [-0.3, -0.25) is 5.32 Å². The number of rotatable bonds is 5. The van der Waals surface area contributed by atoms with Crippen molar-refractivity contribution in [3.63, 3.8) is 0 Å². The summed E-state index contributed by atoms with van der Waals surface area (Å²) in [7, 11) is 0. The molecule has 0 radical (unpaired) electrons. The van der Waals surface area contributed by atoms with Crippen molar-refractivity contribution in [2.75, 3.05) is 0 Å². The summed E-state index contributed by atoms with van der Waals surface area (Å²) in [5, 5.41) is 3.27. The van der Waals surface area contributed by atoms with Gasteiger partial charge in [-0.1, -0.05) is 19.3 Å². The van der Waals surface area contributed by atoms with E-state index in [1.165, 1.54) is 0 Å². The lowest BCUT2D eigenvalue weighted by Crippen LogP contribution is -2.26. The Balaban J connectivity index is 2.29. The van der Waals surface area contributed by atoms with Gasteiger partial charge in [0.2, 0.25) is 0 Å². The van der Waals surface area contributed by atoms with Gasteiger partial charge < -0.3 is 4.98 Å². The van der Waals surface area contributed by atoms with E-state index < -0.39 is 0 Å². The molecule has 0 bridgehead atoms. The highest BCUT2D eigenvalue weighted by Crippen LogP contribution is 1.97. The second kappa shape index (κ2) is 5.39. The predicted molar refractivity (Wildman–Crippen MR) is 53.0 cm³/mol. The van der Waals surface area contributed by atoms with Crippen molar-refractivity contribution in [3.05, 3.63) is 18.2 Å². The summed E-state index contributed by atoms with van der Waals surface area (Å²) in [5.41, 5.74) is 1.07. The van der Waals surface area contributed by atoms with Crippen molar-refractivity contribution < 1.29 is 0 Å². The first kappa shape index (κ1) is 9.82. The zero-order chi connectivity index (χ0) is 9.52. The van der Waals surface area contributed by atoms with Crippen LogP contribution in [0.3, 0.4) is 0 Å². The van der Waals surface area contributed by atoms with E-state index in [1.807, 2.05) is 0 Å². The molecule has 2 N–H and O–H groups in total. The number of nitrogens with zero attached hydrogens (tertiary/aromatic N) is 1. The molecule has 0 amide bonds. The number of H-pyrrole nitrogens is 1. The minimum absolute atomic E-state index is 0.174. The van der Waals surface area contributed by atoms with Crippen LogP contribution in [0.1, 0.15) is 25.5 Å². The summed E-state index contributed by atoms with van der Waals surface area (Å²) in [6.07, 6.45) is 10.9. The van der Waals surface area contributed by atoms with E-state index in [4.69, 9.17) is 6.42 Å². The van der Waals surface area contributed by atoms with Crippen LogP contribution in [-0.4, -0.2) is 16.0 Å². The lowest BCUT2D eigenvalue weighted by Gasteiger charge is -2.10. The number of aromatic amines is 1. The summed E-state index contributed by atoms with van der Waals surface area (Å²) >= 11 is 0. The van der Waals surface area contributed by atoms with Crippen LogP contribution >= 0.6 is 0 Å². The van der Waals surface area contributed by atoms with Crippen molar-refractivity contribution in [2.24, 2.45) is 0 Å². The van der Waals surface area contributed by atoms with Crippen LogP contribution in [0.2, 0.25) is 0 Å². The molecule has 0 aliphatic carbocycles. The summed E-state index contributed by atoms with van der Waals surface area (Å²) < 4.78 is 0. The third kappa shape index (κ3) is 3.30. The maximum absolute atomic E-state index is 5.36. The molecule has 3 heteroatoms. The average molecular weight is 177 g/mol.